The predicted molar refractivity (Wildman–Crippen MR) is 92.4 cm³/mol. The van der Waals surface area contributed by atoms with Crippen molar-refractivity contribution in [1.82, 2.24) is 14.8 Å². The van der Waals surface area contributed by atoms with Gasteiger partial charge in [0.1, 0.15) is 5.52 Å². The summed E-state index contributed by atoms with van der Waals surface area (Å²) in [6.45, 7) is 8.10. The molecular formula is C16H17BFN3O2S. The van der Waals surface area contributed by atoms with Crippen molar-refractivity contribution in [1.29, 1.82) is 0 Å². The molecular weight excluding hydrogens is 328 g/mol. The monoisotopic (exact) mass is 345 g/mol. The number of halogens is 1. The fourth-order valence-corrected chi connectivity index (χ4v) is 3.57. The molecule has 124 valence electrons. The van der Waals surface area contributed by atoms with Gasteiger partial charge in [0.05, 0.1) is 27.1 Å². The van der Waals surface area contributed by atoms with E-state index in [0.717, 1.165) is 21.4 Å². The van der Waals surface area contributed by atoms with E-state index in [-0.39, 0.29) is 0 Å². The molecule has 1 aliphatic heterocycles. The maximum atomic E-state index is 13.2. The van der Waals surface area contributed by atoms with Crippen molar-refractivity contribution in [3.63, 3.8) is 0 Å². The molecule has 0 amide bonds. The van der Waals surface area contributed by atoms with E-state index in [0.29, 0.717) is 0 Å². The summed E-state index contributed by atoms with van der Waals surface area (Å²) < 4.78 is 28.0. The van der Waals surface area contributed by atoms with Crippen LogP contribution in [0.15, 0.2) is 29.9 Å². The number of aromatic nitrogens is 3. The van der Waals surface area contributed by atoms with Crippen LogP contribution in [0.1, 0.15) is 27.7 Å². The summed E-state index contributed by atoms with van der Waals surface area (Å²) in [7, 11) is -0.457. The molecule has 0 unspecified atom stereocenters. The average Bonchev–Trinajstić information content (AvgIpc) is 3.17. The highest BCUT2D eigenvalue weighted by Gasteiger charge is 2.52. The minimum Gasteiger partial charge on any atom is -0.399 e. The number of hydrogen-bond acceptors (Lipinski definition) is 5. The second kappa shape index (κ2) is 5.11. The van der Waals surface area contributed by atoms with Crippen molar-refractivity contribution < 1.29 is 13.7 Å². The van der Waals surface area contributed by atoms with Crippen molar-refractivity contribution >= 4 is 34.1 Å². The van der Waals surface area contributed by atoms with E-state index in [1.807, 2.05) is 39.8 Å². The number of hydrogen-bond donors (Lipinski definition) is 0. The maximum absolute atomic E-state index is 13.2. The number of benzene rings is 1. The SMILES string of the molecule is CC1(C)OB(c2ccc(-n3ccc(F)n3)c3ncsc23)OC1(C)C. The van der Waals surface area contributed by atoms with Gasteiger partial charge in [0.25, 0.3) is 0 Å². The summed E-state index contributed by atoms with van der Waals surface area (Å²) in [6, 6.07) is 5.13. The van der Waals surface area contributed by atoms with Gasteiger partial charge in [0.2, 0.25) is 5.95 Å². The van der Waals surface area contributed by atoms with Gasteiger partial charge in [-0.1, -0.05) is 6.07 Å². The standard InChI is InChI=1S/C16H17BFN3O2S/c1-15(2)16(3,4)23-17(22-15)10-5-6-11(13-14(10)24-9-19-13)21-8-7-12(18)20-21/h5-9H,1-4H3. The average molecular weight is 345 g/mol. The first-order valence-electron chi connectivity index (χ1n) is 7.72. The molecule has 0 atom stereocenters. The quantitative estimate of drug-likeness (QED) is 0.670. The van der Waals surface area contributed by atoms with Crippen LogP contribution in [0.25, 0.3) is 15.9 Å². The Hall–Kier alpha value is -1.77. The molecule has 24 heavy (non-hydrogen) atoms. The third-order valence-electron chi connectivity index (χ3n) is 4.80. The largest absolute Gasteiger partial charge is 0.496 e. The van der Waals surface area contributed by atoms with Gasteiger partial charge in [-0.15, -0.1) is 16.4 Å². The number of nitrogens with zero attached hydrogens (tertiary/aromatic N) is 3. The van der Waals surface area contributed by atoms with Crippen LogP contribution in [0.2, 0.25) is 0 Å². The van der Waals surface area contributed by atoms with E-state index < -0.39 is 24.3 Å². The zero-order valence-electron chi connectivity index (χ0n) is 13.9. The lowest BCUT2D eigenvalue weighted by atomic mass is 9.79. The molecule has 0 saturated carbocycles. The fourth-order valence-electron chi connectivity index (χ4n) is 2.73. The van der Waals surface area contributed by atoms with Crippen LogP contribution >= 0.6 is 11.3 Å². The summed E-state index contributed by atoms with van der Waals surface area (Å²) in [5.41, 5.74) is 3.38. The van der Waals surface area contributed by atoms with Gasteiger partial charge in [0.15, 0.2) is 0 Å². The number of fused-ring (bicyclic) bond motifs is 1. The zero-order chi connectivity index (χ0) is 17.1. The third kappa shape index (κ3) is 2.29. The normalized spacial score (nSPS) is 19.3. The molecule has 1 fully saturated rings. The van der Waals surface area contributed by atoms with Crippen molar-refractivity contribution in [3.8, 4) is 5.69 Å². The maximum Gasteiger partial charge on any atom is 0.496 e. The van der Waals surface area contributed by atoms with Crippen LogP contribution in [-0.2, 0) is 9.31 Å². The molecule has 4 rings (SSSR count). The highest BCUT2D eigenvalue weighted by Crippen LogP contribution is 2.37. The Morgan fingerprint density at radius 3 is 2.46 bits per heavy atom. The van der Waals surface area contributed by atoms with Gasteiger partial charge in [-0.2, -0.15) is 4.39 Å². The Kier molecular flexibility index (Phi) is 3.35. The van der Waals surface area contributed by atoms with Gasteiger partial charge in [-0.25, -0.2) is 9.67 Å². The summed E-state index contributed by atoms with van der Waals surface area (Å²) >= 11 is 1.51. The van der Waals surface area contributed by atoms with Crippen molar-refractivity contribution in [3.05, 3.63) is 35.9 Å². The van der Waals surface area contributed by atoms with Crippen molar-refractivity contribution in [2.24, 2.45) is 0 Å². The first kappa shape index (κ1) is 15.7. The van der Waals surface area contributed by atoms with Crippen molar-refractivity contribution in [2.45, 2.75) is 38.9 Å². The second-order valence-electron chi connectivity index (χ2n) is 6.88. The molecule has 3 heterocycles. The van der Waals surface area contributed by atoms with E-state index in [1.165, 1.54) is 22.1 Å². The Balaban J connectivity index is 1.81. The lowest BCUT2D eigenvalue weighted by Gasteiger charge is -2.32. The van der Waals surface area contributed by atoms with Crippen LogP contribution in [0.5, 0.6) is 0 Å². The van der Waals surface area contributed by atoms with Gasteiger partial charge >= 0.3 is 7.12 Å². The summed E-state index contributed by atoms with van der Waals surface area (Å²) in [6.07, 6.45) is 1.58. The molecule has 0 radical (unpaired) electrons. The van der Waals surface area contributed by atoms with E-state index in [2.05, 4.69) is 10.1 Å². The molecule has 3 aromatic rings. The molecule has 0 spiro atoms. The highest BCUT2D eigenvalue weighted by molar-refractivity contribution is 7.18. The first-order valence-corrected chi connectivity index (χ1v) is 8.60. The van der Waals surface area contributed by atoms with E-state index in [1.54, 1.807) is 11.7 Å². The van der Waals surface area contributed by atoms with E-state index in [9.17, 15) is 4.39 Å². The van der Waals surface area contributed by atoms with Gasteiger partial charge < -0.3 is 9.31 Å². The lowest BCUT2D eigenvalue weighted by molar-refractivity contribution is 0.00578. The molecule has 1 saturated heterocycles. The smallest absolute Gasteiger partial charge is 0.399 e. The Bertz CT molecular complexity index is 905. The Morgan fingerprint density at radius 2 is 1.83 bits per heavy atom. The minimum absolute atomic E-state index is 0.404. The van der Waals surface area contributed by atoms with Gasteiger partial charge in [0, 0.05) is 17.7 Å². The number of thiazole rings is 1. The fraction of sp³-hybridized carbons (Fsp3) is 0.375. The van der Waals surface area contributed by atoms with Crippen LogP contribution in [0.3, 0.4) is 0 Å². The molecule has 1 aliphatic rings. The van der Waals surface area contributed by atoms with Crippen molar-refractivity contribution in [2.75, 3.05) is 0 Å². The summed E-state index contributed by atoms with van der Waals surface area (Å²) in [5, 5.41) is 3.84. The van der Waals surface area contributed by atoms with Crippen LogP contribution in [0, 0.1) is 5.95 Å². The summed E-state index contributed by atoms with van der Waals surface area (Å²) in [4.78, 5) is 4.43. The van der Waals surface area contributed by atoms with E-state index in [4.69, 9.17) is 9.31 Å². The number of rotatable bonds is 2. The second-order valence-corrected chi connectivity index (χ2v) is 7.73. The molecule has 0 N–H and O–H groups in total. The minimum atomic E-state index is -0.520. The molecule has 8 heteroatoms. The van der Waals surface area contributed by atoms with E-state index >= 15 is 0 Å². The molecule has 1 aromatic carbocycles. The zero-order valence-corrected chi connectivity index (χ0v) is 14.7. The molecule has 0 bridgehead atoms. The lowest BCUT2D eigenvalue weighted by Crippen LogP contribution is -2.41. The first-order chi connectivity index (χ1) is 11.3. The van der Waals surface area contributed by atoms with Gasteiger partial charge in [-0.05, 0) is 33.8 Å². The molecule has 2 aromatic heterocycles. The molecule has 0 aliphatic carbocycles. The topological polar surface area (TPSA) is 49.2 Å². The van der Waals surface area contributed by atoms with Crippen LogP contribution in [-0.4, -0.2) is 33.1 Å². The Morgan fingerprint density at radius 1 is 1.12 bits per heavy atom. The van der Waals surface area contributed by atoms with Gasteiger partial charge in [-0.3, -0.25) is 0 Å². The van der Waals surface area contributed by atoms with Crippen LogP contribution < -0.4 is 5.46 Å². The van der Waals surface area contributed by atoms with Crippen LogP contribution in [0.4, 0.5) is 4.39 Å². The predicted octanol–water partition coefficient (Wildman–Crippen LogP) is 2.92. The summed E-state index contributed by atoms with van der Waals surface area (Å²) in [5.74, 6) is -0.520. The third-order valence-corrected chi connectivity index (χ3v) is 5.68. The molecule has 5 nitrogen and oxygen atoms in total. The highest BCUT2D eigenvalue weighted by atomic mass is 32.1. The Labute approximate surface area is 143 Å².